The lowest BCUT2D eigenvalue weighted by Gasteiger charge is -2.09. The average Bonchev–Trinajstić information content (AvgIpc) is 3.37. The molecule has 0 aromatic heterocycles. The van der Waals surface area contributed by atoms with Crippen molar-refractivity contribution in [2.45, 2.75) is 13.3 Å². The van der Waals surface area contributed by atoms with Gasteiger partial charge in [-0.3, -0.25) is 9.59 Å². The summed E-state index contributed by atoms with van der Waals surface area (Å²) in [5, 5.41) is 6.32. The Morgan fingerprint density at radius 2 is 1.77 bits per heavy atom. The van der Waals surface area contributed by atoms with E-state index in [1.165, 1.54) is 0 Å². The van der Waals surface area contributed by atoms with Crippen LogP contribution in [0.2, 0.25) is 5.02 Å². The van der Waals surface area contributed by atoms with Gasteiger partial charge in [0.1, 0.15) is 12.4 Å². The maximum absolute atomic E-state index is 12.1. The molecule has 2 aromatic rings. The summed E-state index contributed by atoms with van der Waals surface area (Å²) in [7, 11) is 0. The second kappa shape index (κ2) is 8.23. The molecule has 0 heterocycles. The number of rotatable bonds is 7. The fraction of sp³-hybridized carbons (Fsp3) is 0.300. The Morgan fingerprint density at radius 3 is 2.38 bits per heavy atom. The van der Waals surface area contributed by atoms with E-state index in [-0.39, 0.29) is 17.7 Å². The van der Waals surface area contributed by atoms with Crippen LogP contribution in [0.1, 0.15) is 23.7 Å². The van der Waals surface area contributed by atoms with E-state index in [1.54, 1.807) is 48.5 Å². The van der Waals surface area contributed by atoms with Crippen molar-refractivity contribution in [2.75, 3.05) is 18.5 Å². The van der Waals surface area contributed by atoms with Crippen LogP contribution < -0.4 is 15.4 Å². The summed E-state index contributed by atoms with van der Waals surface area (Å²) in [5.41, 5.74) is 1.24. The summed E-state index contributed by atoms with van der Waals surface area (Å²) >= 11 is 5.81. The lowest BCUT2D eigenvalue weighted by Crippen LogP contribution is -2.28. The van der Waals surface area contributed by atoms with E-state index in [4.69, 9.17) is 16.3 Å². The van der Waals surface area contributed by atoms with Gasteiger partial charge in [-0.15, -0.1) is 0 Å². The third-order valence-electron chi connectivity index (χ3n) is 4.33. The Labute approximate surface area is 157 Å². The molecule has 136 valence electrons. The van der Waals surface area contributed by atoms with Crippen LogP contribution in [0.4, 0.5) is 5.69 Å². The fourth-order valence-corrected chi connectivity index (χ4v) is 2.72. The summed E-state index contributed by atoms with van der Waals surface area (Å²) in [6.45, 7) is 2.81. The number of amides is 2. The van der Waals surface area contributed by atoms with Crippen LogP contribution in [0.15, 0.2) is 48.5 Å². The SMILES string of the molecule is CC1CC1C(=O)Nc1ccc(C(=O)NCCOc2ccc(Cl)cc2)cc1. The zero-order valence-corrected chi connectivity index (χ0v) is 15.3. The van der Waals surface area contributed by atoms with Gasteiger partial charge < -0.3 is 15.4 Å². The van der Waals surface area contributed by atoms with Crippen molar-refractivity contribution >= 4 is 29.1 Å². The molecule has 1 aliphatic carbocycles. The van der Waals surface area contributed by atoms with Crippen LogP contribution in [0.25, 0.3) is 0 Å². The predicted octanol–water partition coefficient (Wildman–Crippen LogP) is 3.74. The maximum atomic E-state index is 12.1. The molecular formula is C20H21ClN2O3. The largest absolute Gasteiger partial charge is 0.492 e. The Hall–Kier alpha value is -2.53. The van der Waals surface area contributed by atoms with Crippen LogP contribution in [-0.2, 0) is 4.79 Å². The molecule has 1 aliphatic rings. The second-order valence-electron chi connectivity index (χ2n) is 6.44. The van der Waals surface area contributed by atoms with E-state index >= 15 is 0 Å². The number of carbonyl (C=O) groups is 2. The lowest BCUT2D eigenvalue weighted by atomic mass is 10.2. The van der Waals surface area contributed by atoms with Gasteiger partial charge in [0, 0.05) is 22.2 Å². The molecular weight excluding hydrogens is 352 g/mol. The van der Waals surface area contributed by atoms with Gasteiger partial charge in [-0.25, -0.2) is 0 Å². The van der Waals surface area contributed by atoms with Crippen LogP contribution in [-0.4, -0.2) is 25.0 Å². The number of hydrogen-bond donors (Lipinski definition) is 2. The van der Waals surface area contributed by atoms with Crippen molar-refractivity contribution in [1.29, 1.82) is 0 Å². The number of halogens is 1. The molecule has 2 atom stereocenters. The lowest BCUT2D eigenvalue weighted by molar-refractivity contribution is -0.117. The Morgan fingerprint density at radius 1 is 1.12 bits per heavy atom. The molecule has 2 unspecified atom stereocenters. The zero-order valence-electron chi connectivity index (χ0n) is 14.5. The van der Waals surface area contributed by atoms with Crippen LogP contribution in [0, 0.1) is 11.8 Å². The van der Waals surface area contributed by atoms with Crippen molar-refractivity contribution < 1.29 is 14.3 Å². The molecule has 2 N–H and O–H groups in total. The Kier molecular flexibility index (Phi) is 5.78. The summed E-state index contributed by atoms with van der Waals surface area (Å²) in [6.07, 6.45) is 0.949. The highest BCUT2D eigenvalue weighted by molar-refractivity contribution is 6.30. The monoisotopic (exact) mass is 372 g/mol. The minimum Gasteiger partial charge on any atom is -0.492 e. The highest BCUT2D eigenvalue weighted by atomic mass is 35.5. The molecule has 0 spiro atoms. The first-order valence-corrected chi connectivity index (χ1v) is 8.98. The summed E-state index contributed by atoms with van der Waals surface area (Å²) in [6, 6.07) is 13.9. The van der Waals surface area contributed by atoms with Crippen LogP contribution in [0.3, 0.4) is 0 Å². The standard InChI is InChI=1S/C20H21ClN2O3/c1-13-12-18(13)20(25)23-16-6-2-14(3-7-16)19(24)22-10-11-26-17-8-4-15(21)5-9-17/h2-9,13,18H,10-12H2,1H3,(H,22,24)(H,23,25). The highest BCUT2D eigenvalue weighted by Crippen LogP contribution is 2.38. The quantitative estimate of drug-likeness (QED) is 0.727. The van der Waals surface area contributed by atoms with Gasteiger partial charge in [0.05, 0.1) is 6.54 Å². The smallest absolute Gasteiger partial charge is 0.251 e. The molecule has 2 amide bonds. The van der Waals surface area contributed by atoms with E-state index in [1.807, 2.05) is 0 Å². The van der Waals surface area contributed by atoms with Gasteiger partial charge in [-0.05, 0) is 60.9 Å². The molecule has 26 heavy (non-hydrogen) atoms. The number of anilines is 1. The van der Waals surface area contributed by atoms with Gasteiger partial charge in [-0.1, -0.05) is 18.5 Å². The fourth-order valence-electron chi connectivity index (χ4n) is 2.59. The molecule has 0 aliphatic heterocycles. The van der Waals surface area contributed by atoms with Crippen molar-refractivity contribution in [2.24, 2.45) is 11.8 Å². The zero-order chi connectivity index (χ0) is 18.5. The summed E-state index contributed by atoms with van der Waals surface area (Å²) < 4.78 is 5.53. The molecule has 6 heteroatoms. The van der Waals surface area contributed by atoms with Gasteiger partial charge >= 0.3 is 0 Å². The molecule has 1 fully saturated rings. The van der Waals surface area contributed by atoms with Crippen molar-refractivity contribution in [3.05, 3.63) is 59.1 Å². The number of hydrogen-bond acceptors (Lipinski definition) is 3. The van der Waals surface area contributed by atoms with E-state index < -0.39 is 0 Å². The molecule has 5 nitrogen and oxygen atoms in total. The first-order valence-electron chi connectivity index (χ1n) is 8.60. The van der Waals surface area contributed by atoms with E-state index in [9.17, 15) is 9.59 Å². The molecule has 1 saturated carbocycles. The minimum atomic E-state index is -0.182. The molecule has 0 radical (unpaired) electrons. The second-order valence-corrected chi connectivity index (χ2v) is 6.88. The topological polar surface area (TPSA) is 67.4 Å². The highest BCUT2D eigenvalue weighted by Gasteiger charge is 2.39. The molecule has 0 saturated heterocycles. The van der Waals surface area contributed by atoms with Gasteiger partial charge in [-0.2, -0.15) is 0 Å². The van der Waals surface area contributed by atoms with Crippen LogP contribution >= 0.6 is 11.6 Å². The summed E-state index contributed by atoms with van der Waals surface area (Å²) in [4.78, 5) is 24.0. The van der Waals surface area contributed by atoms with E-state index in [0.717, 1.165) is 6.42 Å². The van der Waals surface area contributed by atoms with E-state index in [2.05, 4.69) is 17.6 Å². The third kappa shape index (κ3) is 4.99. The number of nitrogens with one attached hydrogen (secondary N) is 2. The van der Waals surface area contributed by atoms with Crippen LogP contribution in [0.5, 0.6) is 5.75 Å². The number of ether oxygens (including phenoxy) is 1. The van der Waals surface area contributed by atoms with E-state index in [0.29, 0.717) is 41.1 Å². The van der Waals surface area contributed by atoms with Gasteiger partial charge in [0.2, 0.25) is 5.91 Å². The first kappa shape index (κ1) is 18.3. The minimum absolute atomic E-state index is 0.0500. The van der Waals surface area contributed by atoms with Crippen molar-refractivity contribution in [1.82, 2.24) is 5.32 Å². The predicted molar refractivity (Wildman–Crippen MR) is 102 cm³/mol. The van der Waals surface area contributed by atoms with Crippen molar-refractivity contribution in [3.63, 3.8) is 0 Å². The number of carbonyl (C=O) groups excluding carboxylic acids is 2. The Bertz CT molecular complexity index is 775. The van der Waals surface area contributed by atoms with Crippen molar-refractivity contribution in [3.8, 4) is 5.75 Å². The number of benzene rings is 2. The molecule has 2 aromatic carbocycles. The van der Waals surface area contributed by atoms with Gasteiger partial charge in [0.25, 0.3) is 5.91 Å². The molecule has 0 bridgehead atoms. The molecule has 3 rings (SSSR count). The third-order valence-corrected chi connectivity index (χ3v) is 4.58. The maximum Gasteiger partial charge on any atom is 0.251 e. The summed E-state index contributed by atoms with van der Waals surface area (Å²) in [5.74, 6) is 1.16. The first-order chi connectivity index (χ1) is 12.5. The Balaban J connectivity index is 1.41. The van der Waals surface area contributed by atoms with Gasteiger partial charge in [0.15, 0.2) is 0 Å². The average molecular weight is 373 g/mol. The normalized spacial score (nSPS) is 18.1.